The Labute approximate surface area is 138 Å². The molecule has 1 amide bonds. The number of benzene rings is 1. The summed E-state index contributed by atoms with van der Waals surface area (Å²) in [6, 6.07) is 5.77. The fourth-order valence-electron chi connectivity index (χ4n) is 3.29. The molecule has 2 aliphatic heterocycles. The highest BCUT2D eigenvalue weighted by molar-refractivity contribution is 9.09. The van der Waals surface area contributed by atoms with E-state index < -0.39 is 5.60 Å². The number of halogens is 1. The number of aryl methyl sites for hydroxylation is 1. The molecule has 1 fully saturated rings. The number of Topliss-reactive ketones (excluding diaryl/α,β-unsaturated/α-hetero) is 1. The van der Waals surface area contributed by atoms with Crippen molar-refractivity contribution in [1.82, 2.24) is 4.90 Å². The van der Waals surface area contributed by atoms with Crippen LogP contribution in [0.25, 0.3) is 0 Å². The zero-order valence-corrected chi connectivity index (χ0v) is 14.3. The van der Waals surface area contributed by atoms with Gasteiger partial charge in [-0.25, -0.2) is 0 Å². The number of ether oxygens (including phenoxy) is 1. The van der Waals surface area contributed by atoms with Crippen LogP contribution in [0.1, 0.15) is 41.6 Å². The first-order chi connectivity index (χ1) is 10.5. The summed E-state index contributed by atoms with van der Waals surface area (Å²) in [5, 5.41) is 0.690. The molecule has 22 heavy (non-hydrogen) atoms. The van der Waals surface area contributed by atoms with Gasteiger partial charge in [0.1, 0.15) is 11.4 Å². The summed E-state index contributed by atoms with van der Waals surface area (Å²) in [6.45, 7) is 3.31. The zero-order chi connectivity index (χ0) is 15.7. The largest absolute Gasteiger partial charge is 0.486 e. The van der Waals surface area contributed by atoms with Gasteiger partial charge in [0.2, 0.25) is 5.91 Å². The normalized spacial score (nSPS) is 19.7. The molecule has 1 aromatic carbocycles. The highest BCUT2D eigenvalue weighted by atomic mass is 79.9. The van der Waals surface area contributed by atoms with Crippen LogP contribution in [0, 0.1) is 6.92 Å². The molecule has 4 nitrogen and oxygen atoms in total. The summed E-state index contributed by atoms with van der Waals surface area (Å²) < 4.78 is 6.21. The molecule has 118 valence electrons. The smallest absolute Gasteiger partial charge is 0.223 e. The van der Waals surface area contributed by atoms with Crippen molar-refractivity contribution in [2.45, 2.75) is 38.2 Å². The van der Waals surface area contributed by atoms with Gasteiger partial charge in [-0.15, -0.1) is 0 Å². The molecular formula is C17H20BrNO3. The van der Waals surface area contributed by atoms with Crippen LogP contribution in [0.4, 0.5) is 0 Å². The maximum atomic E-state index is 12.5. The van der Waals surface area contributed by atoms with E-state index in [-0.39, 0.29) is 11.7 Å². The number of piperidine rings is 1. The maximum absolute atomic E-state index is 12.5. The highest BCUT2D eigenvalue weighted by Crippen LogP contribution is 2.39. The predicted octanol–water partition coefficient (Wildman–Crippen LogP) is 3.11. The van der Waals surface area contributed by atoms with Crippen LogP contribution in [-0.4, -0.2) is 40.6 Å². The number of carbonyl (C=O) groups is 2. The predicted molar refractivity (Wildman–Crippen MR) is 87.7 cm³/mol. The van der Waals surface area contributed by atoms with Crippen molar-refractivity contribution in [3.63, 3.8) is 0 Å². The first-order valence-corrected chi connectivity index (χ1v) is 8.82. The number of ketones is 1. The number of nitrogens with zero attached hydrogens (tertiary/aromatic N) is 1. The van der Waals surface area contributed by atoms with Gasteiger partial charge in [0.05, 0.1) is 12.0 Å². The Morgan fingerprint density at radius 1 is 1.36 bits per heavy atom. The summed E-state index contributed by atoms with van der Waals surface area (Å²) in [5.41, 5.74) is 1.34. The molecule has 0 saturated carbocycles. The molecule has 5 heteroatoms. The second-order valence-corrected chi connectivity index (χ2v) is 7.00. The number of likely N-dealkylation sites (tertiary alicyclic amines) is 1. The third-order valence-electron chi connectivity index (χ3n) is 4.58. The second kappa shape index (κ2) is 6.03. The summed E-state index contributed by atoms with van der Waals surface area (Å²) in [4.78, 5) is 26.3. The SMILES string of the molecule is Cc1ccc2c(c1)C(=O)CC1(CCN(C(=O)CCBr)CC1)O2. The molecule has 1 saturated heterocycles. The molecule has 1 spiro atoms. The van der Waals surface area contributed by atoms with Gasteiger partial charge in [-0.3, -0.25) is 9.59 Å². The molecule has 2 heterocycles. The Kier molecular flexibility index (Phi) is 4.26. The number of hydrogen-bond donors (Lipinski definition) is 0. The van der Waals surface area contributed by atoms with E-state index in [0.717, 1.165) is 18.4 Å². The van der Waals surface area contributed by atoms with Crippen molar-refractivity contribution in [2.24, 2.45) is 0 Å². The van der Waals surface area contributed by atoms with Crippen molar-refractivity contribution < 1.29 is 14.3 Å². The summed E-state index contributed by atoms with van der Waals surface area (Å²) >= 11 is 3.30. The Bertz CT molecular complexity index is 606. The van der Waals surface area contributed by atoms with Crippen LogP contribution in [0.15, 0.2) is 18.2 Å². The number of alkyl halides is 1. The molecule has 3 rings (SSSR count). The molecule has 0 radical (unpaired) electrons. The Balaban J connectivity index is 1.73. The third kappa shape index (κ3) is 2.91. The lowest BCUT2D eigenvalue weighted by Gasteiger charge is -2.44. The molecule has 2 aliphatic rings. The maximum Gasteiger partial charge on any atom is 0.223 e. The zero-order valence-electron chi connectivity index (χ0n) is 12.7. The van der Waals surface area contributed by atoms with E-state index in [1.165, 1.54) is 0 Å². The van der Waals surface area contributed by atoms with Gasteiger partial charge in [-0.2, -0.15) is 0 Å². The van der Waals surface area contributed by atoms with E-state index >= 15 is 0 Å². The van der Waals surface area contributed by atoms with Gasteiger partial charge in [0.15, 0.2) is 5.78 Å². The topological polar surface area (TPSA) is 46.6 Å². The Hall–Kier alpha value is -1.36. The van der Waals surface area contributed by atoms with Crippen molar-refractivity contribution in [3.8, 4) is 5.75 Å². The van der Waals surface area contributed by atoms with Crippen molar-refractivity contribution in [1.29, 1.82) is 0 Å². The third-order valence-corrected chi connectivity index (χ3v) is 4.98. The summed E-state index contributed by atoms with van der Waals surface area (Å²) in [6.07, 6.45) is 2.39. The standard InChI is InChI=1S/C17H20BrNO3/c1-12-2-3-15-13(10-12)14(20)11-17(22-15)5-8-19(9-6-17)16(21)4-7-18/h2-3,10H,4-9,11H2,1H3. The molecule has 0 bridgehead atoms. The number of fused-ring (bicyclic) bond motifs is 1. The van der Waals surface area contributed by atoms with Crippen LogP contribution in [0.2, 0.25) is 0 Å². The average Bonchev–Trinajstić information content (AvgIpc) is 2.49. The number of amides is 1. The quantitative estimate of drug-likeness (QED) is 0.756. The molecular weight excluding hydrogens is 346 g/mol. The van der Waals surface area contributed by atoms with Crippen LogP contribution in [0.3, 0.4) is 0 Å². The molecule has 0 atom stereocenters. The highest BCUT2D eigenvalue weighted by Gasteiger charge is 2.43. The van der Waals surface area contributed by atoms with E-state index in [1.807, 2.05) is 30.0 Å². The Morgan fingerprint density at radius 2 is 2.09 bits per heavy atom. The molecule has 1 aromatic rings. The van der Waals surface area contributed by atoms with Gasteiger partial charge < -0.3 is 9.64 Å². The van der Waals surface area contributed by atoms with Crippen molar-refractivity contribution in [2.75, 3.05) is 18.4 Å². The summed E-state index contributed by atoms with van der Waals surface area (Å²) in [5.74, 6) is 1.03. The van der Waals surface area contributed by atoms with E-state index in [2.05, 4.69) is 15.9 Å². The minimum absolute atomic E-state index is 0.158. The van der Waals surface area contributed by atoms with Gasteiger partial charge in [0.25, 0.3) is 0 Å². The second-order valence-electron chi connectivity index (χ2n) is 6.20. The van der Waals surface area contributed by atoms with E-state index in [4.69, 9.17) is 4.74 Å². The number of rotatable bonds is 2. The minimum atomic E-state index is -0.426. The van der Waals surface area contributed by atoms with Gasteiger partial charge in [0, 0.05) is 37.7 Å². The Morgan fingerprint density at radius 3 is 2.77 bits per heavy atom. The number of hydrogen-bond acceptors (Lipinski definition) is 3. The fraction of sp³-hybridized carbons (Fsp3) is 0.529. The first kappa shape index (κ1) is 15.5. The van der Waals surface area contributed by atoms with E-state index in [0.29, 0.717) is 42.6 Å². The first-order valence-electron chi connectivity index (χ1n) is 7.70. The molecule has 0 aliphatic carbocycles. The van der Waals surface area contributed by atoms with Crippen LogP contribution in [-0.2, 0) is 4.79 Å². The average molecular weight is 366 g/mol. The van der Waals surface area contributed by atoms with Crippen LogP contribution >= 0.6 is 15.9 Å². The van der Waals surface area contributed by atoms with Gasteiger partial charge in [-0.1, -0.05) is 27.6 Å². The molecule has 0 unspecified atom stereocenters. The fourth-order valence-corrected chi connectivity index (χ4v) is 3.63. The molecule has 0 aromatic heterocycles. The van der Waals surface area contributed by atoms with Crippen LogP contribution < -0.4 is 4.74 Å². The lowest BCUT2D eigenvalue weighted by molar-refractivity contribution is -0.134. The van der Waals surface area contributed by atoms with Crippen molar-refractivity contribution in [3.05, 3.63) is 29.3 Å². The van der Waals surface area contributed by atoms with Gasteiger partial charge in [-0.05, 0) is 19.1 Å². The monoisotopic (exact) mass is 365 g/mol. The van der Waals surface area contributed by atoms with Gasteiger partial charge >= 0.3 is 0 Å². The van der Waals surface area contributed by atoms with Crippen molar-refractivity contribution >= 4 is 27.6 Å². The summed E-state index contributed by atoms with van der Waals surface area (Å²) in [7, 11) is 0. The van der Waals surface area contributed by atoms with Crippen LogP contribution in [0.5, 0.6) is 5.75 Å². The number of carbonyl (C=O) groups excluding carboxylic acids is 2. The lowest BCUT2D eigenvalue weighted by Crippen LogP contribution is -2.52. The van der Waals surface area contributed by atoms with E-state index in [9.17, 15) is 9.59 Å². The van der Waals surface area contributed by atoms with E-state index in [1.54, 1.807) is 0 Å². The molecule has 0 N–H and O–H groups in total. The lowest BCUT2D eigenvalue weighted by atomic mass is 9.82. The minimum Gasteiger partial charge on any atom is -0.486 e.